The predicted octanol–water partition coefficient (Wildman–Crippen LogP) is 4.25. The van der Waals surface area contributed by atoms with Gasteiger partial charge in [-0.3, -0.25) is 9.62 Å². The largest absolute Gasteiger partial charge is 0.377 e. The number of fused-ring (bicyclic) bond motifs is 1. The van der Waals surface area contributed by atoms with E-state index < -0.39 is 10.0 Å². The van der Waals surface area contributed by atoms with Gasteiger partial charge in [0.2, 0.25) is 10.0 Å². The average molecular weight is 485 g/mol. The Hall–Kier alpha value is -2.78. The summed E-state index contributed by atoms with van der Waals surface area (Å²) in [5.41, 5.74) is 3.82. The van der Waals surface area contributed by atoms with E-state index in [0.29, 0.717) is 11.7 Å². The predicted molar refractivity (Wildman–Crippen MR) is 141 cm³/mol. The fourth-order valence-electron chi connectivity index (χ4n) is 4.64. The summed E-state index contributed by atoms with van der Waals surface area (Å²) in [5, 5.41) is 4.64. The van der Waals surface area contributed by atoms with Crippen molar-refractivity contribution in [3.05, 3.63) is 48.3 Å². The first-order chi connectivity index (χ1) is 16.0. The fraction of sp³-hybridized carbons (Fsp3) is 0.480. The van der Waals surface area contributed by atoms with Crippen molar-refractivity contribution in [2.75, 3.05) is 41.3 Å². The van der Waals surface area contributed by atoms with Crippen LogP contribution in [-0.2, 0) is 16.6 Å². The van der Waals surface area contributed by atoms with Gasteiger partial charge in [0, 0.05) is 67.2 Å². The maximum atomic E-state index is 11.6. The number of aromatic amines is 1. The molecule has 1 aliphatic rings. The van der Waals surface area contributed by atoms with Crippen LogP contribution in [0.15, 0.2) is 42.7 Å². The minimum absolute atomic E-state index is 0.0297. The zero-order chi connectivity index (χ0) is 24.5. The van der Waals surface area contributed by atoms with E-state index in [9.17, 15) is 8.42 Å². The van der Waals surface area contributed by atoms with E-state index in [1.54, 1.807) is 6.07 Å². The lowest BCUT2D eigenvalue weighted by Crippen LogP contribution is -2.43. The van der Waals surface area contributed by atoms with Gasteiger partial charge in [-0.2, -0.15) is 0 Å². The number of H-pyrrole nitrogens is 1. The lowest BCUT2D eigenvalue weighted by molar-refractivity contribution is 0.204. The van der Waals surface area contributed by atoms with Gasteiger partial charge in [-0.1, -0.05) is 0 Å². The van der Waals surface area contributed by atoms with Crippen LogP contribution in [-0.4, -0.2) is 61.3 Å². The molecule has 8 nitrogen and oxygen atoms in total. The molecule has 0 saturated carbocycles. The Morgan fingerprint density at radius 2 is 1.94 bits per heavy atom. The number of likely N-dealkylation sites (tertiary alicyclic amines) is 1. The number of aromatic nitrogens is 2. The molecule has 1 fully saturated rings. The molecule has 3 N–H and O–H groups in total. The molecular formula is C25H36N6O2S. The molecule has 34 heavy (non-hydrogen) atoms. The molecule has 1 aliphatic heterocycles. The molecule has 0 bridgehead atoms. The minimum atomic E-state index is -3.30. The van der Waals surface area contributed by atoms with E-state index in [1.165, 1.54) is 11.8 Å². The van der Waals surface area contributed by atoms with E-state index in [2.05, 4.69) is 63.7 Å². The number of piperidine rings is 1. The van der Waals surface area contributed by atoms with Crippen molar-refractivity contribution in [1.29, 1.82) is 0 Å². The molecule has 0 unspecified atom stereocenters. The summed E-state index contributed by atoms with van der Waals surface area (Å²) in [5.74, 6) is 0.999. The normalized spacial score (nSPS) is 16.0. The monoisotopic (exact) mass is 484 g/mol. The maximum Gasteiger partial charge on any atom is 0.229 e. The zero-order valence-corrected chi connectivity index (χ0v) is 21.5. The molecule has 0 atom stereocenters. The van der Waals surface area contributed by atoms with E-state index in [0.717, 1.165) is 54.9 Å². The minimum Gasteiger partial charge on any atom is -0.377 e. The van der Waals surface area contributed by atoms with Crippen LogP contribution in [0, 0.1) is 0 Å². The van der Waals surface area contributed by atoms with Gasteiger partial charge in [0.1, 0.15) is 0 Å². The number of sulfonamides is 1. The number of rotatable bonds is 7. The molecule has 1 aromatic carbocycles. The highest BCUT2D eigenvalue weighted by Crippen LogP contribution is 2.30. The van der Waals surface area contributed by atoms with Crippen LogP contribution in [0.2, 0.25) is 0 Å². The topological polar surface area (TPSA) is 93.4 Å². The first-order valence-corrected chi connectivity index (χ1v) is 13.6. The van der Waals surface area contributed by atoms with Gasteiger partial charge in [0.05, 0.1) is 11.9 Å². The Labute approximate surface area is 202 Å². The molecule has 1 saturated heterocycles. The number of nitrogens with one attached hydrogen (secondary N) is 3. The number of anilines is 3. The van der Waals surface area contributed by atoms with E-state index >= 15 is 0 Å². The Balaban J connectivity index is 1.41. The number of benzene rings is 1. The first-order valence-electron chi connectivity index (χ1n) is 11.7. The van der Waals surface area contributed by atoms with Gasteiger partial charge >= 0.3 is 0 Å². The standard InChI is InChI=1S/C25H36N6O2S/c1-25(2,3)28-23-7-6-12-26-24(23)30(4)20-10-13-31(14-11-20)17-18-16-27-22-9-8-19(15-21(18)22)29-34(5,32)33/h6-9,12,15-16,20,27-29H,10-11,13-14,17H2,1-5H3. The van der Waals surface area contributed by atoms with Crippen molar-refractivity contribution >= 4 is 38.1 Å². The Morgan fingerprint density at radius 3 is 2.62 bits per heavy atom. The average Bonchev–Trinajstić information content (AvgIpc) is 3.14. The molecule has 4 rings (SSSR count). The summed E-state index contributed by atoms with van der Waals surface area (Å²) in [7, 11) is -1.16. The van der Waals surface area contributed by atoms with Crippen molar-refractivity contribution in [3.63, 3.8) is 0 Å². The molecular weight excluding hydrogens is 448 g/mol. The first kappa shape index (κ1) is 24.3. The molecule has 9 heteroatoms. The Morgan fingerprint density at radius 1 is 1.21 bits per heavy atom. The van der Waals surface area contributed by atoms with Crippen LogP contribution in [0.5, 0.6) is 0 Å². The second-order valence-electron chi connectivity index (χ2n) is 10.3. The molecule has 3 aromatic rings. The van der Waals surface area contributed by atoms with Gasteiger partial charge in [0.25, 0.3) is 0 Å². The van der Waals surface area contributed by atoms with Gasteiger partial charge in [-0.15, -0.1) is 0 Å². The van der Waals surface area contributed by atoms with Gasteiger partial charge in [0.15, 0.2) is 5.82 Å². The number of hydrogen-bond donors (Lipinski definition) is 3. The summed E-state index contributed by atoms with van der Waals surface area (Å²) >= 11 is 0. The zero-order valence-electron chi connectivity index (χ0n) is 20.7. The summed E-state index contributed by atoms with van der Waals surface area (Å²) < 4.78 is 25.8. The quantitative estimate of drug-likeness (QED) is 0.464. The number of pyridine rings is 1. The smallest absolute Gasteiger partial charge is 0.229 e. The number of nitrogens with zero attached hydrogens (tertiary/aromatic N) is 3. The SMILES string of the molecule is CN(c1ncccc1NC(C)(C)C)C1CCN(Cc2c[nH]c3ccc(NS(C)(=O)=O)cc23)CC1. The molecule has 184 valence electrons. The van der Waals surface area contributed by atoms with Crippen LogP contribution in [0.3, 0.4) is 0 Å². The lowest BCUT2D eigenvalue weighted by atomic mass is 10.0. The molecule has 0 amide bonds. The summed E-state index contributed by atoms with van der Waals surface area (Å²) in [6, 6.07) is 10.1. The van der Waals surface area contributed by atoms with E-state index in [-0.39, 0.29) is 5.54 Å². The third kappa shape index (κ3) is 6.01. The van der Waals surface area contributed by atoms with Crippen LogP contribution >= 0.6 is 0 Å². The lowest BCUT2D eigenvalue weighted by Gasteiger charge is -2.38. The molecule has 0 radical (unpaired) electrons. The molecule has 2 aromatic heterocycles. The Kier molecular flexibility index (Phi) is 6.78. The van der Waals surface area contributed by atoms with Crippen molar-refractivity contribution < 1.29 is 8.42 Å². The van der Waals surface area contributed by atoms with E-state index in [1.807, 2.05) is 30.6 Å². The van der Waals surface area contributed by atoms with Crippen LogP contribution in [0.25, 0.3) is 10.9 Å². The second kappa shape index (κ2) is 9.46. The third-order valence-corrected chi connectivity index (χ3v) is 6.81. The summed E-state index contributed by atoms with van der Waals surface area (Å²) in [6.07, 6.45) is 7.18. The highest BCUT2D eigenvalue weighted by atomic mass is 32.2. The molecule has 0 spiro atoms. The van der Waals surface area contributed by atoms with Crippen molar-refractivity contribution in [2.45, 2.75) is 51.7 Å². The second-order valence-corrected chi connectivity index (χ2v) is 12.1. The molecule has 0 aliphatic carbocycles. The third-order valence-electron chi connectivity index (χ3n) is 6.20. The fourth-order valence-corrected chi connectivity index (χ4v) is 5.20. The van der Waals surface area contributed by atoms with Crippen molar-refractivity contribution in [2.24, 2.45) is 0 Å². The van der Waals surface area contributed by atoms with E-state index in [4.69, 9.17) is 0 Å². The van der Waals surface area contributed by atoms with Crippen LogP contribution < -0.4 is 14.9 Å². The Bertz CT molecular complexity index is 1240. The maximum absolute atomic E-state index is 11.6. The van der Waals surface area contributed by atoms with Crippen molar-refractivity contribution in [1.82, 2.24) is 14.9 Å². The van der Waals surface area contributed by atoms with Crippen molar-refractivity contribution in [3.8, 4) is 0 Å². The van der Waals surface area contributed by atoms with Gasteiger partial charge in [-0.05, 0) is 69.5 Å². The van der Waals surface area contributed by atoms with Gasteiger partial charge < -0.3 is 15.2 Å². The van der Waals surface area contributed by atoms with Crippen LogP contribution in [0.4, 0.5) is 17.2 Å². The molecule has 3 heterocycles. The summed E-state index contributed by atoms with van der Waals surface area (Å²) in [4.78, 5) is 12.8. The van der Waals surface area contributed by atoms with Crippen LogP contribution in [0.1, 0.15) is 39.2 Å². The number of hydrogen-bond acceptors (Lipinski definition) is 6. The van der Waals surface area contributed by atoms with Gasteiger partial charge in [-0.25, -0.2) is 13.4 Å². The highest BCUT2D eigenvalue weighted by Gasteiger charge is 2.26. The highest BCUT2D eigenvalue weighted by molar-refractivity contribution is 7.92. The summed E-state index contributed by atoms with van der Waals surface area (Å²) in [6.45, 7) is 9.31.